The summed E-state index contributed by atoms with van der Waals surface area (Å²) in [4.78, 5) is 2.30. The Morgan fingerprint density at radius 3 is 2.48 bits per heavy atom. The molecule has 0 radical (unpaired) electrons. The van der Waals surface area contributed by atoms with Crippen molar-refractivity contribution in [2.75, 3.05) is 26.2 Å². The van der Waals surface area contributed by atoms with Gasteiger partial charge >= 0.3 is 0 Å². The lowest BCUT2D eigenvalue weighted by molar-refractivity contribution is -0.0154. The van der Waals surface area contributed by atoms with Crippen molar-refractivity contribution in [1.29, 1.82) is 0 Å². The van der Waals surface area contributed by atoms with Gasteiger partial charge in [0.1, 0.15) is 11.9 Å². The van der Waals surface area contributed by atoms with E-state index in [9.17, 15) is 5.11 Å². The molecular formula is C19H31NO3. The molecule has 1 heterocycles. The molecule has 130 valence electrons. The highest BCUT2D eigenvalue weighted by Crippen LogP contribution is 2.21. The second-order valence-electron chi connectivity index (χ2n) is 6.90. The number of β-amino-alcohol motifs (C(OH)–C–C–N with tert-alkyl or cyclic N) is 1. The molecule has 1 fully saturated rings. The molecule has 1 unspecified atom stereocenters. The predicted octanol–water partition coefficient (Wildman–Crippen LogP) is 2.93. The van der Waals surface area contributed by atoms with E-state index in [-0.39, 0.29) is 12.2 Å². The van der Waals surface area contributed by atoms with Crippen LogP contribution in [-0.4, -0.2) is 54.6 Å². The molecule has 1 aromatic carbocycles. The van der Waals surface area contributed by atoms with Crippen LogP contribution in [0.4, 0.5) is 0 Å². The Hall–Kier alpha value is -1.10. The van der Waals surface area contributed by atoms with Gasteiger partial charge in [-0.3, -0.25) is 0 Å². The van der Waals surface area contributed by atoms with E-state index >= 15 is 0 Å². The number of hydrogen-bond donors (Lipinski definition) is 1. The Kier molecular flexibility index (Phi) is 6.88. The predicted molar refractivity (Wildman–Crippen MR) is 93.1 cm³/mol. The normalized spacial score (nSPS) is 18.3. The monoisotopic (exact) mass is 321 g/mol. The summed E-state index contributed by atoms with van der Waals surface area (Å²) in [6.07, 6.45) is 2.05. The van der Waals surface area contributed by atoms with Gasteiger partial charge in [-0.15, -0.1) is 0 Å². The van der Waals surface area contributed by atoms with Crippen LogP contribution in [-0.2, 0) is 4.74 Å². The molecule has 1 aromatic rings. The maximum Gasteiger partial charge on any atom is 0.120 e. The van der Waals surface area contributed by atoms with Crippen molar-refractivity contribution in [3.63, 3.8) is 0 Å². The van der Waals surface area contributed by atoms with E-state index < -0.39 is 6.10 Å². The fraction of sp³-hybridized carbons (Fsp3) is 0.684. The molecule has 0 spiro atoms. The molecule has 1 aliphatic heterocycles. The van der Waals surface area contributed by atoms with Crippen LogP contribution in [0.2, 0.25) is 0 Å². The van der Waals surface area contributed by atoms with E-state index in [0.29, 0.717) is 13.2 Å². The zero-order valence-electron chi connectivity index (χ0n) is 14.9. The van der Waals surface area contributed by atoms with E-state index in [2.05, 4.69) is 36.9 Å². The van der Waals surface area contributed by atoms with Crippen LogP contribution >= 0.6 is 0 Å². The Morgan fingerprint density at radius 2 is 1.87 bits per heavy atom. The molecule has 1 atom stereocenters. The van der Waals surface area contributed by atoms with E-state index in [1.54, 1.807) is 0 Å². The van der Waals surface area contributed by atoms with Gasteiger partial charge in [-0.1, -0.05) is 6.07 Å². The van der Waals surface area contributed by atoms with Crippen molar-refractivity contribution >= 4 is 0 Å². The molecule has 0 aromatic heterocycles. The maximum absolute atomic E-state index is 10.0. The standard InChI is InChI=1S/C19H31NO3/c1-14(2)22-13-17(21)12-20-9-7-18(8-10-20)23-19-6-5-15(3)16(4)11-19/h5-6,11,14,17-18,21H,7-10,12-13H2,1-4H3. The summed E-state index contributed by atoms with van der Waals surface area (Å²) in [5.41, 5.74) is 2.57. The largest absolute Gasteiger partial charge is 0.490 e. The summed E-state index contributed by atoms with van der Waals surface area (Å²) in [7, 11) is 0. The number of aliphatic hydroxyl groups excluding tert-OH is 1. The lowest BCUT2D eigenvalue weighted by atomic mass is 10.1. The average molecular weight is 321 g/mol. The Labute approximate surface area is 140 Å². The molecule has 1 N–H and O–H groups in total. The highest BCUT2D eigenvalue weighted by atomic mass is 16.5. The van der Waals surface area contributed by atoms with Crippen LogP contribution in [0, 0.1) is 13.8 Å². The van der Waals surface area contributed by atoms with Gasteiger partial charge in [0, 0.05) is 19.6 Å². The first-order chi connectivity index (χ1) is 10.9. The second-order valence-corrected chi connectivity index (χ2v) is 6.90. The number of aliphatic hydroxyl groups is 1. The van der Waals surface area contributed by atoms with Gasteiger partial charge in [-0.05, 0) is 63.8 Å². The highest BCUT2D eigenvalue weighted by Gasteiger charge is 2.22. The van der Waals surface area contributed by atoms with Gasteiger partial charge in [0.2, 0.25) is 0 Å². The summed E-state index contributed by atoms with van der Waals surface area (Å²) in [6.45, 7) is 11.2. The van der Waals surface area contributed by atoms with E-state index in [4.69, 9.17) is 9.47 Å². The number of hydrogen-bond acceptors (Lipinski definition) is 4. The first-order valence-electron chi connectivity index (χ1n) is 8.70. The summed E-state index contributed by atoms with van der Waals surface area (Å²) >= 11 is 0. The van der Waals surface area contributed by atoms with Crippen molar-refractivity contribution in [3.05, 3.63) is 29.3 Å². The third-order valence-corrected chi connectivity index (χ3v) is 4.41. The molecule has 1 saturated heterocycles. The van der Waals surface area contributed by atoms with Gasteiger partial charge < -0.3 is 19.5 Å². The number of aryl methyl sites for hydroxylation is 2. The molecule has 4 heteroatoms. The molecule has 2 rings (SSSR count). The van der Waals surface area contributed by atoms with Crippen molar-refractivity contribution in [1.82, 2.24) is 4.90 Å². The second kappa shape index (κ2) is 8.67. The van der Waals surface area contributed by atoms with Crippen LogP contribution in [0.3, 0.4) is 0 Å². The van der Waals surface area contributed by atoms with Gasteiger partial charge in [0.15, 0.2) is 0 Å². The first kappa shape index (κ1) is 18.2. The number of piperidine rings is 1. The van der Waals surface area contributed by atoms with Crippen LogP contribution < -0.4 is 4.74 Å². The smallest absolute Gasteiger partial charge is 0.120 e. The van der Waals surface area contributed by atoms with E-state index in [1.165, 1.54) is 11.1 Å². The molecule has 1 aliphatic rings. The lowest BCUT2D eigenvalue weighted by Gasteiger charge is -2.33. The molecule has 0 amide bonds. The molecule has 0 saturated carbocycles. The zero-order chi connectivity index (χ0) is 16.8. The molecule has 0 bridgehead atoms. The third kappa shape index (κ3) is 6.13. The van der Waals surface area contributed by atoms with Crippen molar-refractivity contribution in [3.8, 4) is 5.75 Å². The van der Waals surface area contributed by atoms with Crippen LogP contribution in [0.25, 0.3) is 0 Å². The highest BCUT2D eigenvalue weighted by molar-refractivity contribution is 5.33. The number of likely N-dealkylation sites (tertiary alicyclic amines) is 1. The van der Waals surface area contributed by atoms with E-state index in [1.807, 2.05) is 13.8 Å². The SMILES string of the molecule is Cc1ccc(OC2CCN(CC(O)COC(C)C)CC2)cc1C. The fourth-order valence-electron chi connectivity index (χ4n) is 2.84. The van der Waals surface area contributed by atoms with Gasteiger partial charge in [-0.25, -0.2) is 0 Å². The van der Waals surface area contributed by atoms with Crippen LogP contribution in [0.5, 0.6) is 5.75 Å². The Balaban J connectivity index is 1.72. The number of rotatable bonds is 7. The van der Waals surface area contributed by atoms with Gasteiger partial charge in [0.05, 0.1) is 18.8 Å². The summed E-state index contributed by atoms with van der Waals surface area (Å²) in [6, 6.07) is 6.29. The van der Waals surface area contributed by atoms with Gasteiger partial charge in [-0.2, -0.15) is 0 Å². The van der Waals surface area contributed by atoms with Crippen LogP contribution in [0.15, 0.2) is 18.2 Å². The summed E-state index contributed by atoms with van der Waals surface area (Å²) in [5.74, 6) is 0.969. The fourth-order valence-corrected chi connectivity index (χ4v) is 2.84. The van der Waals surface area contributed by atoms with Crippen LogP contribution in [0.1, 0.15) is 37.8 Å². The Bertz CT molecular complexity index is 482. The first-order valence-corrected chi connectivity index (χ1v) is 8.70. The summed E-state index contributed by atoms with van der Waals surface area (Å²) < 4.78 is 11.6. The molecular weight excluding hydrogens is 290 g/mol. The van der Waals surface area contributed by atoms with Gasteiger partial charge in [0.25, 0.3) is 0 Å². The van der Waals surface area contributed by atoms with Crippen molar-refractivity contribution in [2.45, 2.75) is 58.8 Å². The lowest BCUT2D eigenvalue weighted by Crippen LogP contribution is -2.43. The minimum absolute atomic E-state index is 0.168. The van der Waals surface area contributed by atoms with E-state index in [0.717, 1.165) is 31.7 Å². The summed E-state index contributed by atoms with van der Waals surface area (Å²) in [5, 5.41) is 10.0. The Morgan fingerprint density at radius 1 is 1.17 bits per heavy atom. The minimum Gasteiger partial charge on any atom is -0.490 e. The molecule has 23 heavy (non-hydrogen) atoms. The molecule has 0 aliphatic carbocycles. The molecule has 4 nitrogen and oxygen atoms in total. The number of benzene rings is 1. The van der Waals surface area contributed by atoms with Crippen molar-refractivity contribution in [2.24, 2.45) is 0 Å². The quantitative estimate of drug-likeness (QED) is 0.838. The third-order valence-electron chi connectivity index (χ3n) is 4.41. The maximum atomic E-state index is 10.0. The number of nitrogens with zero attached hydrogens (tertiary/aromatic N) is 1. The van der Waals surface area contributed by atoms with Crippen molar-refractivity contribution < 1.29 is 14.6 Å². The minimum atomic E-state index is -0.408. The topological polar surface area (TPSA) is 41.9 Å². The zero-order valence-corrected chi connectivity index (χ0v) is 14.9. The number of ether oxygens (including phenoxy) is 2. The average Bonchev–Trinajstić information content (AvgIpc) is 2.51.